The van der Waals surface area contributed by atoms with Crippen LogP contribution in [0.3, 0.4) is 0 Å². The van der Waals surface area contributed by atoms with Gasteiger partial charge in [-0.15, -0.1) is 12.4 Å². The molecule has 3 N–H and O–H groups in total. The van der Waals surface area contributed by atoms with Crippen molar-refractivity contribution in [2.75, 3.05) is 0 Å². The lowest BCUT2D eigenvalue weighted by atomic mass is 9.98. The van der Waals surface area contributed by atoms with Crippen LogP contribution < -0.4 is 11.1 Å². The highest BCUT2D eigenvalue weighted by atomic mass is 35.5. The summed E-state index contributed by atoms with van der Waals surface area (Å²) >= 11 is 0. The summed E-state index contributed by atoms with van der Waals surface area (Å²) in [4.78, 5) is 11.9. The fraction of sp³-hybridized carbons (Fsp3) is 0.278. The van der Waals surface area contributed by atoms with Crippen molar-refractivity contribution in [2.24, 2.45) is 5.73 Å². The summed E-state index contributed by atoms with van der Waals surface area (Å²) < 4.78 is 0. The molecule has 0 radical (unpaired) electrons. The maximum atomic E-state index is 11.9. The van der Waals surface area contributed by atoms with Gasteiger partial charge < -0.3 is 11.1 Å². The van der Waals surface area contributed by atoms with E-state index in [9.17, 15) is 4.79 Å². The monoisotopic (exact) mass is 318 g/mol. The Morgan fingerprint density at radius 3 is 2.14 bits per heavy atom. The van der Waals surface area contributed by atoms with Crippen LogP contribution in [0.2, 0.25) is 0 Å². The van der Waals surface area contributed by atoms with Crippen LogP contribution >= 0.6 is 12.4 Å². The molecule has 0 aliphatic carbocycles. The number of nitrogens with one attached hydrogen (secondary N) is 1. The van der Waals surface area contributed by atoms with Crippen molar-refractivity contribution < 1.29 is 4.79 Å². The molecule has 0 saturated carbocycles. The maximum absolute atomic E-state index is 11.9. The topological polar surface area (TPSA) is 55.1 Å². The van der Waals surface area contributed by atoms with Gasteiger partial charge in [-0.05, 0) is 30.9 Å². The summed E-state index contributed by atoms with van der Waals surface area (Å²) in [6.07, 6.45) is 1.77. The van der Waals surface area contributed by atoms with Crippen LogP contribution in [0.25, 0.3) is 0 Å². The van der Waals surface area contributed by atoms with Gasteiger partial charge in [0.05, 0.1) is 12.1 Å². The fourth-order valence-corrected chi connectivity index (χ4v) is 2.27. The number of amides is 1. The molecule has 0 spiro atoms. The molecule has 0 aromatic heterocycles. The lowest BCUT2D eigenvalue weighted by molar-refractivity contribution is -0.122. The van der Waals surface area contributed by atoms with Gasteiger partial charge >= 0.3 is 0 Å². The van der Waals surface area contributed by atoms with Gasteiger partial charge in [-0.3, -0.25) is 4.79 Å². The molecule has 3 nitrogen and oxygen atoms in total. The van der Waals surface area contributed by atoms with E-state index in [1.54, 1.807) is 6.92 Å². The molecule has 22 heavy (non-hydrogen) atoms. The first kappa shape index (κ1) is 18.2. The van der Waals surface area contributed by atoms with Gasteiger partial charge in [0.1, 0.15) is 0 Å². The molecule has 2 aromatic rings. The zero-order valence-corrected chi connectivity index (χ0v) is 13.6. The van der Waals surface area contributed by atoms with E-state index in [1.165, 1.54) is 5.56 Å². The molecule has 2 unspecified atom stereocenters. The highest BCUT2D eigenvalue weighted by Crippen LogP contribution is 2.19. The van der Waals surface area contributed by atoms with Gasteiger partial charge in [0.25, 0.3) is 0 Å². The molecular formula is C18H23ClN2O. The predicted octanol–water partition coefficient (Wildman–Crippen LogP) is 3.25. The number of aryl methyl sites for hydroxylation is 1. The van der Waals surface area contributed by atoms with E-state index in [0.29, 0.717) is 0 Å². The molecular weight excluding hydrogens is 296 g/mol. The normalized spacial score (nSPS) is 12.8. The minimum absolute atomic E-state index is 0. The van der Waals surface area contributed by atoms with E-state index >= 15 is 0 Å². The number of hydrogen-bond donors (Lipinski definition) is 2. The third kappa shape index (κ3) is 5.51. The van der Waals surface area contributed by atoms with Crippen molar-refractivity contribution in [3.05, 3.63) is 71.8 Å². The predicted molar refractivity (Wildman–Crippen MR) is 93.0 cm³/mol. The number of carbonyl (C=O) groups excluding carboxylic acids is 1. The van der Waals surface area contributed by atoms with Crippen molar-refractivity contribution in [1.82, 2.24) is 5.32 Å². The molecule has 2 atom stereocenters. The Hall–Kier alpha value is -1.84. The molecule has 0 heterocycles. The van der Waals surface area contributed by atoms with Gasteiger partial charge in [-0.2, -0.15) is 0 Å². The number of hydrogen-bond acceptors (Lipinski definition) is 2. The van der Waals surface area contributed by atoms with Crippen LogP contribution in [0.1, 0.15) is 30.5 Å². The third-order valence-corrected chi connectivity index (χ3v) is 3.50. The minimum atomic E-state index is -0.493. The minimum Gasteiger partial charge on any atom is -0.348 e. The smallest absolute Gasteiger partial charge is 0.237 e. The Labute approximate surface area is 138 Å². The molecule has 0 aliphatic rings. The Kier molecular flexibility index (Phi) is 7.64. The number of benzene rings is 2. The molecule has 0 bridgehead atoms. The van der Waals surface area contributed by atoms with E-state index in [1.807, 2.05) is 48.5 Å². The van der Waals surface area contributed by atoms with E-state index in [-0.39, 0.29) is 24.4 Å². The molecule has 2 rings (SSSR count). The average molecular weight is 319 g/mol. The van der Waals surface area contributed by atoms with Crippen molar-refractivity contribution >= 4 is 18.3 Å². The highest BCUT2D eigenvalue weighted by molar-refractivity contribution is 5.85. The van der Waals surface area contributed by atoms with Crippen LogP contribution in [0.4, 0.5) is 0 Å². The molecule has 0 aliphatic heterocycles. The number of halogens is 1. The van der Waals surface area contributed by atoms with Crippen molar-refractivity contribution in [3.63, 3.8) is 0 Å². The molecule has 1 amide bonds. The van der Waals surface area contributed by atoms with Gasteiger partial charge in [0, 0.05) is 0 Å². The SMILES string of the molecule is CC(N)C(=O)NC(CCc1ccccc1)c1ccccc1.Cl. The molecule has 2 aromatic carbocycles. The molecule has 0 saturated heterocycles. The molecule has 118 valence electrons. The summed E-state index contributed by atoms with van der Waals surface area (Å²) in [7, 11) is 0. The highest BCUT2D eigenvalue weighted by Gasteiger charge is 2.16. The van der Waals surface area contributed by atoms with E-state index in [0.717, 1.165) is 18.4 Å². The van der Waals surface area contributed by atoms with Gasteiger partial charge in [0.15, 0.2) is 0 Å². The van der Waals surface area contributed by atoms with E-state index < -0.39 is 6.04 Å². The van der Waals surface area contributed by atoms with Gasteiger partial charge in [-0.1, -0.05) is 60.7 Å². The lowest BCUT2D eigenvalue weighted by Gasteiger charge is -2.20. The Morgan fingerprint density at radius 1 is 1.05 bits per heavy atom. The first-order valence-electron chi connectivity index (χ1n) is 7.31. The number of rotatable bonds is 6. The zero-order chi connectivity index (χ0) is 15.1. The first-order valence-corrected chi connectivity index (χ1v) is 7.31. The largest absolute Gasteiger partial charge is 0.348 e. The standard InChI is InChI=1S/C18H22N2O.ClH/c1-14(19)18(21)20-17(16-10-6-3-7-11-16)13-12-15-8-4-2-5-9-15;/h2-11,14,17H,12-13,19H2,1H3,(H,20,21);1H. The van der Waals surface area contributed by atoms with Crippen LogP contribution in [0.5, 0.6) is 0 Å². The van der Waals surface area contributed by atoms with Crippen LogP contribution in [-0.2, 0) is 11.2 Å². The summed E-state index contributed by atoms with van der Waals surface area (Å²) in [6.45, 7) is 1.70. The first-order chi connectivity index (χ1) is 10.2. The summed E-state index contributed by atoms with van der Waals surface area (Å²) in [5.74, 6) is -0.114. The fourth-order valence-electron chi connectivity index (χ4n) is 2.27. The Bertz CT molecular complexity index is 558. The second kappa shape index (κ2) is 9.23. The lowest BCUT2D eigenvalue weighted by Crippen LogP contribution is -2.40. The maximum Gasteiger partial charge on any atom is 0.237 e. The van der Waals surface area contributed by atoms with E-state index in [2.05, 4.69) is 17.4 Å². The van der Waals surface area contributed by atoms with Crippen molar-refractivity contribution in [2.45, 2.75) is 31.8 Å². The zero-order valence-electron chi connectivity index (χ0n) is 12.7. The van der Waals surface area contributed by atoms with Crippen molar-refractivity contribution in [3.8, 4) is 0 Å². The van der Waals surface area contributed by atoms with E-state index in [4.69, 9.17) is 5.73 Å². The van der Waals surface area contributed by atoms with Crippen LogP contribution in [0, 0.1) is 0 Å². The summed E-state index contributed by atoms with van der Waals surface area (Å²) in [5, 5.41) is 3.04. The quantitative estimate of drug-likeness (QED) is 0.859. The Balaban J connectivity index is 0.00000242. The number of nitrogens with two attached hydrogens (primary N) is 1. The van der Waals surface area contributed by atoms with Crippen LogP contribution in [0.15, 0.2) is 60.7 Å². The average Bonchev–Trinajstić information content (AvgIpc) is 2.53. The second-order valence-corrected chi connectivity index (χ2v) is 5.28. The summed E-state index contributed by atoms with van der Waals surface area (Å²) in [6, 6.07) is 19.8. The molecule has 4 heteroatoms. The third-order valence-electron chi connectivity index (χ3n) is 3.50. The Morgan fingerprint density at radius 2 is 1.59 bits per heavy atom. The van der Waals surface area contributed by atoms with Crippen molar-refractivity contribution in [1.29, 1.82) is 0 Å². The summed E-state index contributed by atoms with van der Waals surface area (Å²) in [5.41, 5.74) is 8.04. The van der Waals surface area contributed by atoms with Gasteiger partial charge in [0.2, 0.25) is 5.91 Å². The van der Waals surface area contributed by atoms with Crippen LogP contribution in [-0.4, -0.2) is 11.9 Å². The number of carbonyl (C=O) groups is 1. The second-order valence-electron chi connectivity index (χ2n) is 5.28. The molecule has 0 fully saturated rings. The van der Waals surface area contributed by atoms with Gasteiger partial charge in [-0.25, -0.2) is 0 Å².